The zero-order valence-corrected chi connectivity index (χ0v) is 17.2. The van der Waals surface area contributed by atoms with Crippen molar-refractivity contribution in [3.8, 4) is 28.2 Å². The molecule has 0 radical (unpaired) electrons. The van der Waals surface area contributed by atoms with Crippen LogP contribution in [0.5, 0.6) is 0 Å². The van der Waals surface area contributed by atoms with Crippen LogP contribution in [-0.2, 0) is 0 Å². The first kappa shape index (κ1) is 19.0. The molecule has 1 fully saturated rings. The van der Waals surface area contributed by atoms with Gasteiger partial charge in [-0.25, -0.2) is 4.98 Å². The number of halogens is 2. The maximum Gasteiger partial charge on any atom is 0.190 e. The molecule has 1 aromatic carbocycles. The van der Waals surface area contributed by atoms with E-state index < -0.39 is 0 Å². The van der Waals surface area contributed by atoms with Crippen LogP contribution in [0.3, 0.4) is 0 Å². The van der Waals surface area contributed by atoms with Crippen molar-refractivity contribution < 1.29 is 0 Å². The molecule has 1 aliphatic heterocycles. The first-order valence-electron chi connectivity index (χ1n) is 9.35. The SMILES string of the molecule is Nc1ncc(-c2cnn(C3CCNC3)c2)cc1-c1nnnn1-c1cccc(Cl)c1Cl. The largest absolute Gasteiger partial charge is 0.383 e. The molecule has 0 bridgehead atoms. The molecule has 5 rings (SSSR count). The summed E-state index contributed by atoms with van der Waals surface area (Å²) in [6.45, 7) is 1.92. The number of nitrogens with two attached hydrogens (primary N) is 1. The van der Waals surface area contributed by atoms with Gasteiger partial charge in [0.05, 0.1) is 33.5 Å². The molecule has 4 heterocycles. The number of tetrazole rings is 1. The van der Waals surface area contributed by atoms with Crippen molar-refractivity contribution in [1.82, 2.24) is 40.3 Å². The molecular weight excluding hydrogens is 425 g/mol. The molecule has 1 saturated heterocycles. The fourth-order valence-electron chi connectivity index (χ4n) is 3.54. The molecule has 1 unspecified atom stereocenters. The number of pyridine rings is 1. The number of benzene rings is 1. The van der Waals surface area contributed by atoms with E-state index in [-0.39, 0.29) is 0 Å². The molecule has 0 spiro atoms. The molecule has 9 nitrogen and oxygen atoms in total. The van der Waals surface area contributed by atoms with Gasteiger partial charge in [0.15, 0.2) is 5.82 Å². The van der Waals surface area contributed by atoms with Crippen LogP contribution in [0.2, 0.25) is 10.0 Å². The molecule has 30 heavy (non-hydrogen) atoms. The van der Waals surface area contributed by atoms with Gasteiger partial charge in [-0.2, -0.15) is 9.78 Å². The van der Waals surface area contributed by atoms with Crippen LogP contribution < -0.4 is 11.1 Å². The van der Waals surface area contributed by atoms with E-state index in [4.69, 9.17) is 28.9 Å². The Bertz CT molecular complexity index is 1210. The Kier molecular flexibility index (Phi) is 4.86. The van der Waals surface area contributed by atoms with Crippen molar-refractivity contribution >= 4 is 29.0 Å². The van der Waals surface area contributed by atoms with Crippen LogP contribution >= 0.6 is 23.2 Å². The molecule has 4 aromatic rings. The van der Waals surface area contributed by atoms with E-state index in [2.05, 4.69) is 30.9 Å². The Hall–Kier alpha value is -3.01. The highest BCUT2D eigenvalue weighted by Gasteiger charge is 2.20. The average Bonchev–Trinajstić information content (AvgIpc) is 3.51. The number of aromatic nitrogens is 7. The van der Waals surface area contributed by atoms with Gasteiger partial charge < -0.3 is 11.1 Å². The third-order valence-electron chi connectivity index (χ3n) is 5.13. The lowest BCUT2D eigenvalue weighted by Crippen LogP contribution is -2.13. The van der Waals surface area contributed by atoms with Crippen LogP contribution in [0.25, 0.3) is 28.2 Å². The molecular formula is C19H17Cl2N9. The van der Waals surface area contributed by atoms with Crippen molar-refractivity contribution in [3.05, 3.63) is 52.9 Å². The van der Waals surface area contributed by atoms with Gasteiger partial charge in [0.1, 0.15) is 5.82 Å². The monoisotopic (exact) mass is 441 g/mol. The average molecular weight is 442 g/mol. The molecule has 0 saturated carbocycles. The fraction of sp³-hybridized carbons (Fsp3) is 0.211. The predicted octanol–water partition coefficient (Wildman–Crippen LogP) is 3.01. The topological polar surface area (TPSA) is 112 Å². The van der Waals surface area contributed by atoms with Gasteiger partial charge in [0, 0.05) is 30.1 Å². The molecule has 3 aromatic heterocycles. The normalized spacial score (nSPS) is 16.3. The molecule has 3 N–H and O–H groups in total. The van der Waals surface area contributed by atoms with Crippen molar-refractivity contribution in [1.29, 1.82) is 0 Å². The Labute approximate surface area is 181 Å². The molecule has 1 aliphatic rings. The summed E-state index contributed by atoms with van der Waals surface area (Å²) in [5, 5.41) is 20.6. The summed E-state index contributed by atoms with van der Waals surface area (Å²) in [7, 11) is 0. The first-order chi connectivity index (χ1) is 14.6. The summed E-state index contributed by atoms with van der Waals surface area (Å²) in [6.07, 6.45) is 6.62. The lowest BCUT2D eigenvalue weighted by molar-refractivity contribution is 0.491. The van der Waals surface area contributed by atoms with Gasteiger partial charge in [-0.1, -0.05) is 29.3 Å². The Morgan fingerprint density at radius 2 is 2.07 bits per heavy atom. The molecule has 0 amide bonds. The molecule has 0 aliphatic carbocycles. The third-order valence-corrected chi connectivity index (χ3v) is 5.94. The van der Waals surface area contributed by atoms with Crippen molar-refractivity contribution in [2.45, 2.75) is 12.5 Å². The van der Waals surface area contributed by atoms with E-state index in [1.807, 2.05) is 23.1 Å². The number of nitrogen functional groups attached to an aromatic ring is 1. The highest BCUT2D eigenvalue weighted by atomic mass is 35.5. The zero-order chi connectivity index (χ0) is 20.7. The number of rotatable bonds is 4. The molecule has 11 heteroatoms. The lowest BCUT2D eigenvalue weighted by atomic mass is 10.1. The van der Waals surface area contributed by atoms with Gasteiger partial charge in [-0.15, -0.1) is 5.10 Å². The summed E-state index contributed by atoms with van der Waals surface area (Å²) in [6, 6.07) is 7.51. The van der Waals surface area contributed by atoms with Gasteiger partial charge in [-0.3, -0.25) is 4.68 Å². The highest BCUT2D eigenvalue weighted by Crippen LogP contribution is 2.33. The lowest BCUT2D eigenvalue weighted by Gasteiger charge is -2.10. The second-order valence-electron chi connectivity index (χ2n) is 7.00. The van der Waals surface area contributed by atoms with Gasteiger partial charge >= 0.3 is 0 Å². The smallest absolute Gasteiger partial charge is 0.190 e. The zero-order valence-electron chi connectivity index (χ0n) is 15.7. The van der Waals surface area contributed by atoms with Gasteiger partial charge in [0.25, 0.3) is 0 Å². The summed E-state index contributed by atoms with van der Waals surface area (Å²) >= 11 is 12.5. The van der Waals surface area contributed by atoms with Crippen molar-refractivity contribution in [3.63, 3.8) is 0 Å². The van der Waals surface area contributed by atoms with E-state index >= 15 is 0 Å². The number of hydrogen-bond donors (Lipinski definition) is 2. The van der Waals surface area contributed by atoms with Gasteiger partial charge in [-0.05, 0) is 41.6 Å². The second kappa shape index (κ2) is 7.67. The third kappa shape index (κ3) is 3.30. The van der Waals surface area contributed by atoms with E-state index in [0.29, 0.717) is 39.0 Å². The minimum absolute atomic E-state index is 0.306. The van der Waals surface area contributed by atoms with Crippen LogP contribution in [-0.4, -0.2) is 48.1 Å². The highest BCUT2D eigenvalue weighted by molar-refractivity contribution is 6.43. The Morgan fingerprint density at radius 3 is 2.90 bits per heavy atom. The Balaban J connectivity index is 1.56. The van der Waals surface area contributed by atoms with Gasteiger partial charge in [0.2, 0.25) is 0 Å². The van der Waals surface area contributed by atoms with E-state index in [9.17, 15) is 0 Å². The molecule has 152 valence electrons. The van der Waals surface area contributed by atoms with Crippen LogP contribution in [0, 0.1) is 0 Å². The second-order valence-corrected chi connectivity index (χ2v) is 7.78. The minimum Gasteiger partial charge on any atom is -0.383 e. The van der Waals surface area contributed by atoms with Crippen LogP contribution in [0.15, 0.2) is 42.9 Å². The number of nitrogens with one attached hydrogen (secondary N) is 1. The van der Waals surface area contributed by atoms with E-state index in [1.165, 1.54) is 4.68 Å². The summed E-state index contributed by atoms with van der Waals surface area (Å²) in [4.78, 5) is 4.35. The predicted molar refractivity (Wildman–Crippen MR) is 115 cm³/mol. The van der Waals surface area contributed by atoms with Crippen LogP contribution in [0.1, 0.15) is 12.5 Å². The van der Waals surface area contributed by atoms with E-state index in [0.717, 1.165) is 30.6 Å². The summed E-state index contributed by atoms with van der Waals surface area (Å²) in [5.41, 5.74) is 9.11. The van der Waals surface area contributed by atoms with E-state index in [1.54, 1.807) is 24.4 Å². The number of hydrogen-bond acceptors (Lipinski definition) is 7. The maximum atomic E-state index is 6.36. The summed E-state index contributed by atoms with van der Waals surface area (Å²) in [5.74, 6) is 0.721. The first-order valence-corrected chi connectivity index (χ1v) is 10.1. The summed E-state index contributed by atoms with van der Waals surface area (Å²) < 4.78 is 3.49. The van der Waals surface area contributed by atoms with Crippen LogP contribution in [0.4, 0.5) is 5.82 Å². The molecule has 1 atom stereocenters. The Morgan fingerprint density at radius 1 is 1.17 bits per heavy atom. The maximum absolute atomic E-state index is 6.36. The fourth-order valence-corrected chi connectivity index (χ4v) is 3.91. The standard InChI is InChI=1S/C19H17Cl2N9/c20-15-2-1-3-16(17(15)21)30-19(26-27-28-30)14-6-11(7-24-18(14)22)12-8-25-29(10-12)13-4-5-23-9-13/h1-3,6-8,10,13,23H,4-5,9H2,(H2,22,24). The van der Waals surface area contributed by atoms with Crippen molar-refractivity contribution in [2.75, 3.05) is 18.8 Å². The number of anilines is 1. The number of nitrogens with zero attached hydrogens (tertiary/aromatic N) is 7. The minimum atomic E-state index is 0.306. The quantitative estimate of drug-likeness (QED) is 0.500. The van der Waals surface area contributed by atoms with Crippen molar-refractivity contribution in [2.24, 2.45) is 0 Å².